The number of nitrogens with zero attached hydrogens (tertiary/aromatic N) is 2. The molecule has 23 heteroatoms. The Bertz CT molecular complexity index is 3510. The molecule has 8 rings (SSSR count). The molecule has 412 valence electrons. The Kier molecular flexibility index (Phi) is 18.2. The minimum atomic E-state index is -1.38. The molecule has 4 aromatic carbocycles. The number of aromatic amines is 4. The minimum Gasteiger partial charge on any atom is -0.370 e. The van der Waals surface area contributed by atoms with E-state index in [9.17, 15) is 19.2 Å². The minimum absolute atomic E-state index is 0.00416. The van der Waals surface area contributed by atoms with Crippen LogP contribution in [-0.2, 0) is 54.5 Å². The van der Waals surface area contributed by atoms with Crippen molar-refractivity contribution in [2.45, 2.75) is 87.6 Å². The average molecular weight is 1070 g/mol. The fraction of sp³-hybridized carbons (Fsp3) is 0.286. The summed E-state index contributed by atoms with van der Waals surface area (Å²) in [4.78, 5) is 107. The molecule has 0 aliphatic rings. The molecular formula is C56H67N17O6. The lowest BCUT2D eigenvalue weighted by Gasteiger charge is -2.27. The number of nitrogens with one attached hydrogen (secondary N) is 9. The number of rotatable bonds is 27. The Balaban J connectivity index is 1.10. The summed E-state index contributed by atoms with van der Waals surface area (Å²) in [5.74, 6) is -4.70. The number of benzene rings is 4. The number of amides is 6. The standard InChI is InChI=1S/C56H67N17O6/c57-39(23-31-27-65-40-15-5-1-11-35(31)40)50(75)71-46(24-32-28-66-41-16-6-2-12-36(32)41)53(78)73-48(26-34-30-68-43-18-8-4-14-38(34)43)54(79)72-47(25-33-29-67-42-17-7-3-13-37(33)42)52(77)70-45(20-10-22-64-56(61)62)51(76)69-44(49(58)74)19-9-21-63-55(59)60/h1-8,11-18,27-30,39,44-48,65-68H,9-10,19-26,57H2,(H2,58,74)(H,69,76)(H,70,77)(H,71,75)(H,72,79)(H,73,78)(H4,59,60,63)(H4,61,62,64)/t39-,44-,45-,46-,47-,48-/m0/s1. The fourth-order valence-electron chi connectivity index (χ4n) is 9.75. The topological polar surface area (TPSA) is 407 Å². The summed E-state index contributed by atoms with van der Waals surface area (Å²) in [6, 6.07) is 22.6. The Hall–Kier alpha value is -9.64. The number of carbonyl (C=O) groups excluding carboxylic acids is 6. The zero-order chi connectivity index (χ0) is 56.0. The molecular weight excluding hydrogens is 1010 g/mol. The molecule has 8 aromatic rings. The van der Waals surface area contributed by atoms with E-state index in [-0.39, 0.29) is 76.4 Å². The van der Waals surface area contributed by atoms with Crippen LogP contribution in [0.1, 0.15) is 47.9 Å². The molecule has 4 heterocycles. The van der Waals surface area contributed by atoms with Gasteiger partial charge in [-0.15, -0.1) is 0 Å². The highest BCUT2D eigenvalue weighted by atomic mass is 16.2. The molecule has 0 spiro atoms. The van der Waals surface area contributed by atoms with Crippen LogP contribution in [0.4, 0.5) is 0 Å². The predicted octanol–water partition coefficient (Wildman–Crippen LogP) is 1.23. The van der Waals surface area contributed by atoms with Gasteiger partial charge in [-0.25, -0.2) is 0 Å². The maximum atomic E-state index is 15.2. The van der Waals surface area contributed by atoms with Gasteiger partial charge >= 0.3 is 0 Å². The van der Waals surface area contributed by atoms with Crippen LogP contribution in [0, 0.1) is 0 Å². The zero-order valence-corrected chi connectivity index (χ0v) is 43.4. The number of hydrogen-bond acceptors (Lipinski definition) is 9. The molecule has 4 aromatic heterocycles. The second-order valence-electron chi connectivity index (χ2n) is 19.5. The SMILES string of the molecule is NC(=O)[C@H](CCCN=C(N)N)NC(=O)[C@H](CCCN=C(N)N)NC(=O)[C@H](Cc1c[nH]c2ccccc12)NC(=O)[C@H](Cc1c[nH]c2ccccc12)NC(=O)[C@H](Cc1c[nH]c2ccccc12)NC(=O)[C@@H](N)Cc1c[nH]c2ccccc12. The van der Waals surface area contributed by atoms with Gasteiger partial charge in [0.1, 0.15) is 30.2 Å². The average Bonchev–Trinajstić information content (AvgIpc) is 4.33. The molecule has 0 saturated heterocycles. The molecule has 6 amide bonds. The van der Waals surface area contributed by atoms with E-state index >= 15 is 9.59 Å². The van der Waals surface area contributed by atoms with Crippen LogP contribution in [0.3, 0.4) is 0 Å². The zero-order valence-electron chi connectivity index (χ0n) is 43.4. The Labute approximate surface area is 453 Å². The summed E-state index contributed by atoms with van der Waals surface area (Å²) in [7, 11) is 0. The van der Waals surface area contributed by atoms with Gasteiger partial charge in [-0.05, 0) is 78.6 Å². The van der Waals surface area contributed by atoms with Crippen LogP contribution in [0.5, 0.6) is 0 Å². The van der Waals surface area contributed by atoms with Crippen LogP contribution in [0.2, 0.25) is 0 Å². The predicted molar refractivity (Wildman–Crippen MR) is 305 cm³/mol. The third-order valence-electron chi connectivity index (χ3n) is 13.8. The van der Waals surface area contributed by atoms with Crippen molar-refractivity contribution < 1.29 is 28.8 Å². The number of H-pyrrole nitrogens is 4. The normalized spacial score (nSPS) is 13.6. The highest BCUT2D eigenvalue weighted by Crippen LogP contribution is 2.24. The van der Waals surface area contributed by atoms with Crippen molar-refractivity contribution in [2.75, 3.05) is 13.1 Å². The Morgan fingerprint density at radius 3 is 1.04 bits per heavy atom. The van der Waals surface area contributed by atoms with Gasteiger partial charge in [-0.3, -0.25) is 38.8 Å². The van der Waals surface area contributed by atoms with E-state index in [0.29, 0.717) is 11.1 Å². The lowest BCUT2D eigenvalue weighted by molar-refractivity contribution is -0.135. The molecule has 0 aliphatic heterocycles. The van der Waals surface area contributed by atoms with Gasteiger partial charge in [-0.2, -0.15) is 0 Å². The first-order valence-electron chi connectivity index (χ1n) is 26.0. The van der Waals surface area contributed by atoms with Gasteiger partial charge < -0.3 is 80.9 Å². The summed E-state index contributed by atoms with van der Waals surface area (Å²) in [5, 5.41) is 17.5. The fourth-order valence-corrected chi connectivity index (χ4v) is 9.75. The number of guanidine groups is 2. The highest BCUT2D eigenvalue weighted by Gasteiger charge is 2.34. The van der Waals surface area contributed by atoms with Gasteiger partial charge in [-0.1, -0.05) is 72.8 Å². The van der Waals surface area contributed by atoms with E-state index in [4.69, 9.17) is 34.4 Å². The van der Waals surface area contributed by atoms with Gasteiger partial charge in [0.15, 0.2) is 11.9 Å². The molecule has 21 N–H and O–H groups in total. The second-order valence-corrected chi connectivity index (χ2v) is 19.5. The molecule has 79 heavy (non-hydrogen) atoms. The van der Waals surface area contributed by atoms with Gasteiger partial charge in [0, 0.05) is 101 Å². The summed E-state index contributed by atoms with van der Waals surface area (Å²) in [6.07, 6.45) is 7.64. The van der Waals surface area contributed by atoms with Crippen molar-refractivity contribution in [2.24, 2.45) is 44.4 Å². The molecule has 0 fully saturated rings. The summed E-state index contributed by atoms with van der Waals surface area (Å²) >= 11 is 0. The van der Waals surface area contributed by atoms with Crippen molar-refractivity contribution in [1.82, 2.24) is 46.5 Å². The van der Waals surface area contributed by atoms with Crippen molar-refractivity contribution in [3.8, 4) is 0 Å². The molecule has 0 saturated carbocycles. The second kappa shape index (κ2) is 25.9. The lowest BCUT2D eigenvalue weighted by atomic mass is 9.99. The van der Waals surface area contributed by atoms with Gasteiger partial charge in [0.2, 0.25) is 35.4 Å². The number of nitrogens with two attached hydrogens (primary N) is 6. The van der Waals surface area contributed by atoms with Crippen LogP contribution in [-0.4, -0.2) is 117 Å². The first-order valence-corrected chi connectivity index (χ1v) is 26.0. The number of hydrogen-bond donors (Lipinski definition) is 15. The quantitative estimate of drug-likeness (QED) is 0.0197. The van der Waals surface area contributed by atoms with Crippen molar-refractivity contribution >= 4 is 91.0 Å². The number of fused-ring (bicyclic) bond motifs is 4. The number of primary amides is 1. The van der Waals surface area contributed by atoms with Crippen LogP contribution in [0.15, 0.2) is 132 Å². The van der Waals surface area contributed by atoms with Gasteiger partial charge in [0.05, 0.1) is 6.04 Å². The van der Waals surface area contributed by atoms with E-state index in [2.05, 4.69) is 56.5 Å². The largest absolute Gasteiger partial charge is 0.370 e. The lowest BCUT2D eigenvalue weighted by Crippen LogP contribution is -2.60. The van der Waals surface area contributed by atoms with Crippen molar-refractivity contribution in [1.29, 1.82) is 0 Å². The third-order valence-corrected chi connectivity index (χ3v) is 13.8. The molecule has 23 nitrogen and oxygen atoms in total. The molecule has 0 bridgehead atoms. The first kappa shape index (κ1) is 55.6. The van der Waals surface area contributed by atoms with Gasteiger partial charge in [0.25, 0.3) is 0 Å². The van der Waals surface area contributed by atoms with Crippen molar-refractivity contribution in [3.05, 3.63) is 144 Å². The van der Waals surface area contributed by atoms with E-state index in [1.54, 1.807) is 24.8 Å². The maximum Gasteiger partial charge on any atom is 0.243 e. The number of aliphatic imine (C=N–C) groups is 2. The Morgan fingerprint density at radius 2 is 0.684 bits per heavy atom. The van der Waals surface area contributed by atoms with E-state index in [1.807, 2.05) is 97.1 Å². The monoisotopic (exact) mass is 1070 g/mol. The Morgan fingerprint density at radius 1 is 0.392 bits per heavy atom. The maximum absolute atomic E-state index is 15.2. The first-order chi connectivity index (χ1) is 38.1. The third kappa shape index (κ3) is 14.4. The molecule has 0 unspecified atom stereocenters. The van der Waals surface area contributed by atoms with Crippen LogP contribution >= 0.6 is 0 Å². The van der Waals surface area contributed by atoms with E-state index in [1.165, 1.54) is 0 Å². The number of para-hydroxylation sites is 4. The summed E-state index contributed by atoms with van der Waals surface area (Å²) < 4.78 is 0. The molecule has 0 radical (unpaired) electrons. The van der Waals surface area contributed by atoms with E-state index < -0.39 is 71.7 Å². The number of carbonyl (C=O) groups is 6. The molecule has 6 atom stereocenters. The molecule has 0 aliphatic carbocycles. The number of aromatic nitrogens is 4. The van der Waals surface area contributed by atoms with Crippen LogP contribution in [0.25, 0.3) is 43.6 Å². The van der Waals surface area contributed by atoms with Crippen molar-refractivity contribution in [3.63, 3.8) is 0 Å². The van der Waals surface area contributed by atoms with E-state index in [0.717, 1.165) is 54.7 Å². The summed E-state index contributed by atoms with van der Waals surface area (Å²) in [5.41, 5.74) is 40.5. The highest BCUT2D eigenvalue weighted by molar-refractivity contribution is 5.98. The van der Waals surface area contributed by atoms with Crippen LogP contribution < -0.4 is 61.0 Å². The smallest absolute Gasteiger partial charge is 0.243 e. The summed E-state index contributed by atoms with van der Waals surface area (Å²) in [6.45, 7) is 0.264.